The third kappa shape index (κ3) is 7.64. The Morgan fingerprint density at radius 1 is 0.714 bits per heavy atom. The van der Waals surface area contributed by atoms with E-state index < -0.39 is 17.5 Å². The van der Waals surface area contributed by atoms with E-state index in [1.165, 1.54) is 6.07 Å². The minimum absolute atomic E-state index is 0.0674. The molecule has 9 rings (SSSR count). The van der Waals surface area contributed by atoms with Gasteiger partial charge in [0.15, 0.2) is 5.78 Å². The molecule has 2 aliphatic rings. The number of ketones is 1. The number of carbonyl (C=O) groups is 2. The summed E-state index contributed by atoms with van der Waals surface area (Å²) in [4.78, 5) is 27.6. The lowest BCUT2D eigenvalue weighted by Crippen LogP contribution is -2.31. The molecule has 0 saturated carbocycles. The number of hydrogen-bond acceptors (Lipinski definition) is 8. The van der Waals surface area contributed by atoms with Crippen LogP contribution in [0.25, 0.3) is 27.1 Å². The second-order valence-corrected chi connectivity index (χ2v) is 15.1. The van der Waals surface area contributed by atoms with E-state index in [0.717, 1.165) is 44.3 Å². The van der Waals surface area contributed by atoms with Crippen LogP contribution in [0.2, 0.25) is 0 Å². The number of phenolic OH excluding ortho intramolecular Hbond substituents is 1. The number of allylic oxidation sites excluding steroid dienone is 5. The monoisotopic (exact) mass is 828 g/mol. The van der Waals surface area contributed by atoms with E-state index in [2.05, 4.69) is 6.58 Å². The first-order valence-electron chi connectivity index (χ1n) is 20.3. The third-order valence-electron chi connectivity index (χ3n) is 11.0. The van der Waals surface area contributed by atoms with E-state index in [1.807, 2.05) is 137 Å². The van der Waals surface area contributed by atoms with Crippen LogP contribution in [0.3, 0.4) is 0 Å². The fourth-order valence-electron chi connectivity index (χ4n) is 7.97. The van der Waals surface area contributed by atoms with Crippen molar-refractivity contribution >= 4 is 73.0 Å². The maximum Gasteiger partial charge on any atom is 0.333 e. The Kier molecular flexibility index (Phi) is 10.7. The maximum absolute atomic E-state index is 13.9. The van der Waals surface area contributed by atoms with Gasteiger partial charge in [-0.25, -0.2) is 4.79 Å². The first-order valence-corrected chi connectivity index (χ1v) is 20.3. The predicted octanol–water partition coefficient (Wildman–Crippen LogP) is 10.6. The summed E-state index contributed by atoms with van der Waals surface area (Å²) in [5.74, 6) is -1.55. The zero-order valence-electron chi connectivity index (χ0n) is 34.2. The Bertz CT molecular complexity index is 3150. The average Bonchev–Trinajstić information content (AvgIpc) is 3.30. The molecule has 7 aromatic carbocycles. The summed E-state index contributed by atoms with van der Waals surface area (Å²) < 4.78 is 13.0. The van der Waals surface area contributed by atoms with Crippen molar-refractivity contribution in [2.75, 3.05) is 18.1 Å². The number of carbonyl (C=O) groups excluding carboxylic acids is 2. The van der Waals surface area contributed by atoms with E-state index in [4.69, 9.17) is 9.47 Å². The number of aliphatic hydroxyl groups excluding tert-OH is 1. The Hall–Kier alpha value is -8.43. The van der Waals surface area contributed by atoms with Gasteiger partial charge in [0.2, 0.25) is 17.1 Å². The number of ether oxygens (including phenoxy) is 2. The van der Waals surface area contributed by atoms with E-state index in [0.29, 0.717) is 22.7 Å². The van der Waals surface area contributed by atoms with Crippen molar-refractivity contribution in [2.45, 2.75) is 6.92 Å². The fraction of sp³-hybridized carbons (Fsp3) is 0.0556. The summed E-state index contributed by atoms with van der Waals surface area (Å²) in [7, 11) is 0. The predicted molar refractivity (Wildman–Crippen MR) is 247 cm³/mol. The molecule has 0 aliphatic heterocycles. The summed E-state index contributed by atoms with van der Waals surface area (Å²) in [6, 6.07) is 49.9. The lowest BCUT2D eigenvalue weighted by Gasteiger charge is -2.33. The number of aliphatic hydroxyl groups is 1. The van der Waals surface area contributed by atoms with Gasteiger partial charge in [-0.05, 0) is 72.3 Å². The smallest absolute Gasteiger partial charge is 0.333 e. The molecule has 7 aromatic rings. The van der Waals surface area contributed by atoms with Gasteiger partial charge in [0.05, 0.1) is 17.1 Å². The molecule has 0 amide bonds. The van der Waals surface area contributed by atoms with E-state index in [-0.39, 0.29) is 47.0 Å². The van der Waals surface area contributed by atoms with Crippen LogP contribution < -0.4 is 19.3 Å². The molecule has 63 heavy (non-hydrogen) atoms. The van der Waals surface area contributed by atoms with Gasteiger partial charge in [0.1, 0.15) is 30.5 Å². The van der Waals surface area contributed by atoms with Crippen LogP contribution >= 0.6 is 0 Å². The van der Waals surface area contributed by atoms with Gasteiger partial charge in [0, 0.05) is 75.0 Å². The molecular formula is C54H40N2O7. The van der Waals surface area contributed by atoms with Gasteiger partial charge in [-0.1, -0.05) is 97.3 Å². The summed E-state index contributed by atoms with van der Waals surface area (Å²) in [6.45, 7) is 5.39. The maximum atomic E-state index is 13.9. The van der Waals surface area contributed by atoms with Crippen LogP contribution in [0.5, 0.6) is 11.5 Å². The van der Waals surface area contributed by atoms with Gasteiger partial charge >= 0.3 is 5.97 Å². The number of para-hydroxylation sites is 1. The zero-order valence-corrected chi connectivity index (χ0v) is 34.2. The molecule has 0 aromatic heterocycles. The number of phenols is 1. The number of aromatic hydroxyl groups is 1. The standard InChI is InChI=1S/C54H40N2O7/c1-34(2)54(61)63-31-30-62-41-26-22-38(23-27-41)56(47-21-11-15-36-13-7-9-19-43(36)47)40-25-29-45(49(58)33-40)51-52(59)50(53(51)60)44-28-24-39(32-48(44)57)55(37-16-4-3-5-17-37)46-20-10-14-35-12-6-8-18-42(35)46/h3-29,32-33H,1,30-31H2,2H3,(H2,57,58,59,60). The number of esters is 1. The zero-order chi connectivity index (χ0) is 43.6. The molecule has 9 nitrogen and oxygen atoms in total. The molecule has 0 fully saturated rings. The van der Waals surface area contributed by atoms with Crippen LogP contribution in [0.15, 0.2) is 211 Å². The molecule has 2 aliphatic carbocycles. The minimum Gasteiger partial charge on any atom is -0.871 e. The molecule has 0 atom stereocenters. The third-order valence-corrected chi connectivity index (χ3v) is 11.0. The van der Waals surface area contributed by atoms with Gasteiger partial charge < -0.3 is 29.7 Å². The van der Waals surface area contributed by atoms with Crippen LogP contribution in [-0.4, -0.2) is 40.9 Å². The highest BCUT2D eigenvalue weighted by Gasteiger charge is 2.35. The van der Waals surface area contributed by atoms with Crippen LogP contribution in [0, 0.1) is 0 Å². The molecule has 0 unspecified atom stereocenters. The molecule has 9 heteroatoms. The SMILES string of the molecule is C=C(C)C(=O)OCCOc1ccc(N(c2ccc(C3=C([O-])/C(=C4C=C/C(=[N+](/c5ccccc5)c5cccc6ccccc56)C=C/4O)C3=O)c(O)c2)c2cccc3ccccc23)cc1. The molecule has 0 bridgehead atoms. The lowest BCUT2D eigenvalue weighted by atomic mass is 9.79. The quantitative estimate of drug-likeness (QED) is 0.0572. The molecular weight excluding hydrogens is 789 g/mol. The number of rotatable bonds is 11. The first-order chi connectivity index (χ1) is 30.7. The highest BCUT2D eigenvalue weighted by molar-refractivity contribution is 6.40. The topological polar surface area (TPSA) is 122 Å². The fourth-order valence-corrected chi connectivity index (χ4v) is 7.97. The van der Waals surface area contributed by atoms with Crippen molar-refractivity contribution in [3.63, 3.8) is 0 Å². The van der Waals surface area contributed by atoms with Crippen LogP contribution in [0.1, 0.15) is 12.5 Å². The molecule has 0 radical (unpaired) electrons. The number of benzene rings is 7. The number of nitrogens with zero attached hydrogens (tertiary/aromatic N) is 2. The van der Waals surface area contributed by atoms with Crippen molar-refractivity contribution in [2.24, 2.45) is 0 Å². The van der Waals surface area contributed by atoms with Gasteiger partial charge in [-0.2, -0.15) is 4.58 Å². The molecule has 0 saturated heterocycles. The molecule has 0 heterocycles. The molecule has 0 spiro atoms. The second kappa shape index (κ2) is 16.9. The number of Topliss-reactive ketones (excluding diaryl/α,β-unsaturated/α-hetero) is 1. The minimum atomic E-state index is -0.573. The largest absolute Gasteiger partial charge is 0.871 e. The number of fused-ring (bicyclic) bond motifs is 2. The average molecular weight is 829 g/mol. The Balaban J connectivity index is 1.05. The summed E-state index contributed by atoms with van der Waals surface area (Å²) >= 11 is 0. The highest BCUT2D eigenvalue weighted by atomic mass is 16.6. The number of hydrogen-bond donors (Lipinski definition) is 2. The first kappa shape index (κ1) is 40.0. The van der Waals surface area contributed by atoms with Crippen molar-refractivity contribution in [1.29, 1.82) is 0 Å². The van der Waals surface area contributed by atoms with Crippen molar-refractivity contribution in [3.05, 3.63) is 216 Å². The van der Waals surface area contributed by atoms with Crippen molar-refractivity contribution < 1.29 is 34.4 Å². The van der Waals surface area contributed by atoms with Crippen LogP contribution in [0.4, 0.5) is 28.4 Å². The summed E-state index contributed by atoms with van der Waals surface area (Å²) in [5, 5.41) is 41.0. The number of anilines is 3. The molecule has 2 N–H and O–H groups in total. The van der Waals surface area contributed by atoms with Gasteiger partial charge in [-0.3, -0.25) is 4.79 Å². The van der Waals surface area contributed by atoms with Gasteiger partial charge in [-0.15, -0.1) is 0 Å². The van der Waals surface area contributed by atoms with E-state index >= 15 is 0 Å². The van der Waals surface area contributed by atoms with Gasteiger partial charge in [0.25, 0.3) is 0 Å². The highest BCUT2D eigenvalue weighted by Crippen LogP contribution is 2.45. The normalized spacial score (nSPS) is 15.5. The van der Waals surface area contributed by atoms with E-state index in [9.17, 15) is 24.9 Å². The summed E-state index contributed by atoms with van der Waals surface area (Å²) in [6.07, 6.45) is 4.93. The Morgan fingerprint density at radius 2 is 1.37 bits per heavy atom. The van der Waals surface area contributed by atoms with Crippen LogP contribution in [-0.2, 0) is 14.3 Å². The Labute approximate surface area is 363 Å². The second-order valence-electron chi connectivity index (χ2n) is 15.1. The summed E-state index contributed by atoms with van der Waals surface area (Å²) in [5.41, 5.74) is 4.73. The molecule has 308 valence electrons. The van der Waals surface area contributed by atoms with Crippen molar-refractivity contribution in [1.82, 2.24) is 4.58 Å². The van der Waals surface area contributed by atoms with Crippen molar-refractivity contribution in [3.8, 4) is 11.5 Å². The lowest BCUT2D eigenvalue weighted by molar-refractivity contribution is -0.297. The Morgan fingerprint density at radius 3 is 2.06 bits per heavy atom. The van der Waals surface area contributed by atoms with E-state index in [1.54, 1.807) is 49.4 Å².